The highest BCUT2D eigenvalue weighted by molar-refractivity contribution is 5.75. The quantitative estimate of drug-likeness (QED) is 0.520. The Bertz CT molecular complexity index is 139. The molecule has 0 amide bonds. The molecule has 72 valence electrons. The molecule has 0 aliphatic rings. The van der Waals surface area contributed by atoms with Crippen LogP contribution in [0.3, 0.4) is 0 Å². The van der Waals surface area contributed by atoms with Crippen LogP contribution in [0.2, 0.25) is 0 Å². The molecule has 0 heterocycles. The highest BCUT2D eigenvalue weighted by Gasteiger charge is 2.16. The molecule has 0 saturated heterocycles. The normalized spacial score (nSPS) is 15.3. The maximum absolute atomic E-state index is 10.9. The van der Waals surface area contributed by atoms with Gasteiger partial charge in [-0.25, -0.2) is 0 Å². The second-order valence-corrected chi connectivity index (χ2v) is 2.49. The van der Waals surface area contributed by atoms with Crippen molar-refractivity contribution in [2.24, 2.45) is 5.73 Å². The van der Waals surface area contributed by atoms with E-state index in [1.54, 1.807) is 6.92 Å². The standard InChI is InChI=1S/C7H15NO4/c1-5(4-11-2)12-7(10)6(8)3-9/h5-6,9H,3-4,8H2,1-2H3/t5?,6-/m0/s1. The molecule has 0 radical (unpaired) electrons. The molecule has 0 spiro atoms. The van der Waals surface area contributed by atoms with Crippen LogP contribution in [-0.4, -0.2) is 43.5 Å². The van der Waals surface area contributed by atoms with Crippen LogP contribution < -0.4 is 5.73 Å². The van der Waals surface area contributed by atoms with Crippen LogP contribution in [0.5, 0.6) is 0 Å². The number of hydrogen-bond donors (Lipinski definition) is 2. The number of carbonyl (C=O) groups excluding carboxylic acids is 1. The van der Waals surface area contributed by atoms with Gasteiger partial charge >= 0.3 is 5.97 Å². The van der Waals surface area contributed by atoms with Gasteiger partial charge in [-0.2, -0.15) is 0 Å². The zero-order valence-corrected chi connectivity index (χ0v) is 7.32. The zero-order valence-electron chi connectivity index (χ0n) is 7.32. The molecule has 5 heteroatoms. The molecular formula is C7H15NO4. The molecule has 5 nitrogen and oxygen atoms in total. The maximum Gasteiger partial charge on any atom is 0.325 e. The first kappa shape index (κ1) is 11.4. The largest absolute Gasteiger partial charge is 0.459 e. The molecule has 0 aliphatic carbocycles. The molecule has 2 atom stereocenters. The third-order valence-corrected chi connectivity index (χ3v) is 1.22. The molecule has 0 aliphatic heterocycles. The highest BCUT2D eigenvalue weighted by Crippen LogP contribution is 1.94. The average Bonchev–Trinajstić information content (AvgIpc) is 2.03. The summed E-state index contributed by atoms with van der Waals surface area (Å²) < 4.78 is 9.53. The van der Waals surface area contributed by atoms with E-state index in [4.69, 9.17) is 20.3 Å². The van der Waals surface area contributed by atoms with E-state index in [1.165, 1.54) is 7.11 Å². The van der Waals surface area contributed by atoms with Crippen LogP contribution >= 0.6 is 0 Å². The Morgan fingerprint density at radius 1 is 1.67 bits per heavy atom. The van der Waals surface area contributed by atoms with Crippen LogP contribution in [0.4, 0.5) is 0 Å². The minimum atomic E-state index is -0.954. The Labute approximate surface area is 71.5 Å². The van der Waals surface area contributed by atoms with E-state index in [1.807, 2.05) is 0 Å². The van der Waals surface area contributed by atoms with E-state index in [0.717, 1.165) is 0 Å². The summed E-state index contributed by atoms with van der Waals surface area (Å²) in [6.45, 7) is 1.61. The van der Waals surface area contributed by atoms with Crippen molar-refractivity contribution in [1.82, 2.24) is 0 Å². The SMILES string of the molecule is COCC(C)OC(=O)[C@@H](N)CO. The molecule has 0 aromatic heterocycles. The third kappa shape index (κ3) is 4.27. The highest BCUT2D eigenvalue weighted by atomic mass is 16.6. The van der Waals surface area contributed by atoms with Gasteiger partial charge in [0.05, 0.1) is 13.2 Å². The van der Waals surface area contributed by atoms with E-state index in [0.29, 0.717) is 6.61 Å². The predicted octanol–water partition coefficient (Wildman–Crippen LogP) is -1.12. The molecule has 0 aromatic carbocycles. The molecule has 0 rings (SSSR count). The molecular weight excluding hydrogens is 162 g/mol. The third-order valence-electron chi connectivity index (χ3n) is 1.22. The van der Waals surface area contributed by atoms with Gasteiger partial charge in [0.25, 0.3) is 0 Å². The number of rotatable bonds is 5. The minimum Gasteiger partial charge on any atom is -0.459 e. The van der Waals surface area contributed by atoms with Crippen molar-refractivity contribution in [2.75, 3.05) is 20.3 Å². The number of hydrogen-bond acceptors (Lipinski definition) is 5. The number of methoxy groups -OCH3 is 1. The topological polar surface area (TPSA) is 81.8 Å². The fourth-order valence-corrected chi connectivity index (χ4v) is 0.629. The molecule has 0 aromatic rings. The first-order valence-electron chi connectivity index (χ1n) is 3.67. The van der Waals surface area contributed by atoms with Crippen molar-refractivity contribution in [3.8, 4) is 0 Å². The number of ether oxygens (including phenoxy) is 2. The summed E-state index contributed by atoms with van der Waals surface area (Å²) in [5, 5.41) is 8.49. The second kappa shape index (κ2) is 5.93. The van der Waals surface area contributed by atoms with Crippen LogP contribution in [0.15, 0.2) is 0 Å². The van der Waals surface area contributed by atoms with Crippen molar-refractivity contribution in [1.29, 1.82) is 0 Å². The number of nitrogens with two attached hydrogens (primary N) is 1. The first-order chi connectivity index (χ1) is 5.61. The van der Waals surface area contributed by atoms with Gasteiger partial charge in [0, 0.05) is 7.11 Å². The van der Waals surface area contributed by atoms with E-state index < -0.39 is 18.6 Å². The molecule has 0 bridgehead atoms. The smallest absolute Gasteiger partial charge is 0.325 e. The van der Waals surface area contributed by atoms with E-state index in [-0.39, 0.29) is 6.10 Å². The Balaban J connectivity index is 3.67. The van der Waals surface area contributed by atoms with Gasteiger partial charge in [-0.15, -0.1) is 0 Å². The molecule has 3 N–H and O–H groups in total. The van der Waals surface area contributed by atoms with Crippen LogP contribution in [0.1, 0.15) is 6.92 Å². The molecule has 0 fully saturated rings. The molecule has 1 unspecified atom stereocenters. The fraction of sp³-hybridized carbons (Fsp3) is 0.857. The summed E-state index contributed by atoms with van der Waals surface area (Å²) in [5.41, 5.74) is 5.20. The summed E-state index contributed by atoms with van der Waals surface area (Å²) in [6, 6.07) is -0.954. The molecule has 0 saturated carbocycles. The average molecular weight is 177 g/mol. The van der Waals surface area contributed by atoms with Crippen LogP contribution in [-0.2, 0) is 14.3 Å². The van der Waals surface area contributed by atoms with Crippen molar-refractivity contribution in [3.05, 3.63) is 0 Å². The lowest BCUT2D eigenvalue weighted by Gasteiger charge is -2.14. The Hall–Kier alpha value is -0.650. The van der Waals surface area contributed by atoms with Gasteiger partial charge in [-0.3, -0.25) is 4.79 Å². The van der Waals surface area contributed by atoms with Crippen molar-refractivity contribution >= 4 is 5.97 Å². The lowest BCUT2D eigenvalue weighted by Crippen LogP contribution is -2.38. The van der Waals surface area contributed by atoms with Crippen LogP contribution in [0, 0.1) is 0 Å². The number of aliphatic hydroxyl groups is 1. The summed E-state index contributed by atoms with van der Waals surface area (Å²) in [4.78, 5) is 10.9. The lowest BCUT2D eigenvalue weighted by molar-refractivity contribution is -0.153. The van der Waals surface area contributed by atoms with Gasteiger partial charge in [0.15, 0.2) is 0 Å². The predicted molar refractivity (Wildman–Crippen MR) is 42.5 cm³/mol. The summed E-state index contributed by atoms with van der Waals surface area (Å²) in [6.07, 6.45) is -0.333. The van der Waals surface area contributed by atoms with E-state index >= 15 is 0 Å². The van der Waals surface area contributed by atoms with Crippen LogP contribution in [0.25, 0.3) is 0 Å². The summed E-state index contributed by atoms with van der Waals surface area (Å²) in [7, 11) is 1.51. The minimum absolute atomic E-state index is 0.323. The fourth-order valence-electron chi connectivity index (χ4n) is 0.629. The maximum atomic E-state index is 10.9. The monoisotopic (exact) mass is 177 g/mol. The van der Waals surface area contributed by atoms with Crippen molar-refractivity contribution in [3.63, 3.8) is 0 Å². The Kier molecular flexibility index (Phi) is 5.61. The molecule has 12 heavy (non-hydrogen) atoms. The van der Waals surface area contributed by atoms with E-state index in [2.05, 4.69) is 0 Å². The van der Waals surface area contributed by atoms with Crippen molar-refractivity contribution in [2.45, 2.75) is 19.1 Å². The van der Waals surface area contributed by atoms with E-state index in [9.17, 15) is 4.79 Å². The van der Waals surface area contributed by atoms with Gasteiger partial charge in [-0.05, 0) is 6.92 Å². The van der Waals surface area contributed by atoms with Gasteiger partial charge in [0.1, 0.15) is 12.1 Å². The number of carbonyl (C=O) groups is 1. The van der Waals surface area contributed by atoms with Crippen molar-refractivity contribution < 1.29 is 19.4 Å². The lowest BCUT2D eigenvalue weighted by atomic mass is 10.3. The van der Waals surface area contributed by atoms with Gasteiger partial charge < -0.3 is 20.3 Å². The zero-order chi connectivity index (χ0) is 9.56. The first-order valence-corrected chi connectivity index (χ1v) is 3.67. The second-order valence-electron chi connectivity index (χ2n) is 2.49. The summed E-state index contributed by atoms with van der Waals surface area (Å²) >= 11 is 0. The summed E-state index contributed by atoms with van der Waals surface area (Å²) in [5.74, 6) is -0.609. The number of esters is 1. The Morgan fingerprint density at radius 3 is 2.67 bits per heavy atom. The number of aliphatic hydroxyl groups excluding tert-OH is 1. The Morgan fingerprint density at radius 2 is 2.25 bits per heavy atom. The van der Waals surface area contributed by atoms with Gasteiger partial charge in [0.2, 0.25) is 0 Å². The van der Waals surface area contributed by atoms with Gasteiger partial charge in [-0.1, -0.05) is 0 Å².